The molecule has 236 valence electrons. The Morgan fingerprint density at radius 2 is 0.860 bits per heavy atom. The summed E-state index contributed by atoms with van der Waals surface area (Å²) >= 11 is 0. The molecule has 0 spiro atoms. The summed E-state index contributed by atoms with van der Waals surface area (Å²) in [4.78, 5) is 2.39. The lowest BCUT2D eigenvalue weighted by Crippen LogP contribution is -2.12. The van der Waals surface area contributed by atoms with Crippen LogP contribution in [0.4, 0.5) is 17.1 Å². The smallest absolute Gasteiger partial charge is 0.135 e. The average Bonchev–Trinajstić information content (AvgIpc) is 3.57. The van der Waals surface area contributed by atoms with Gasteiger partial charge in [0.05, 0.1) is 5.69 Å². The summed E-state index contributed by atoms with van der Waals surface area (Å²) < 4.78 is 6.11. The van der Waals surface area contributed by atoms with Crippen molar-refractivity contribution in [3.8, 4) is 44.5 Å². The van der Waals surface area contributed by atoms with Gasteiger partial charge >= 0.3 is 0 Å². The number of benzene rings is 8. The molecule has 0 aliphatic rings. The van der Waals surface area contributed by atoms with E-state index in [4.69, 9.17) is 4.42 Å². The quantitative estimate of drug-likeness (QED) is 0.173. The van der Waals surface area contributed by atoms with Gasteiger partial charge in [-0.05, 0) is 87.5 Å². The zero-order valence-corrected chi connectivity index (χ0v) is 27.4. The van der Waals surface area contributed by atoms with Gasteiger partial charge < -0.3 is 9.32 Å². The van der Waals surface area contributed by atoms with Crippen molar-refractivity contribution in [1.29, 1.82) is 0 Å². The van der Waals surface area contributed by atoms with Crippen LogP contribution < -0.4 is 4.90 Å². The van der Waals surface area contributed by atoms with Crippen LogP contribution in [0.5, 0.6) is 0 Å². The molecule has 1 aromatic heterocycles. The van der Waals surface area contributed by atoms with Crippen molar-refractivity contribution in [2.45, 2.75) is 0 Å². The minimum absolute atomic E-state index is 0.906. The van der Waals surface area contributed by atoms with E-state index in [-0.39, 0.29) is 0 Å². The fourth-order valence-corrected chi connectivity index (χ4v) is 7.15. The van der Waals surface area contributed by atoms with Crippen molar-refractivity contribution >= 4 is 39.0 Å². The zero-order chi connectivity index (χ0) is 33.3. The summed E-state index contributed by atoms with van der Waals surface area (Å²) in [5, 5.41) is 2.27. The Kier molecular flexibility index (Phi) is 7.53. The summed E-state index contributed by atoms with van der Waals surface area (Å²) in [5.41, 5.74) is 14.5. The molecule has 0 amide bonds. The van der Waals surface area contributed by atoms with Crippen LogP contribution in [-0.4, -0.2) is 0 Å². The molecular formula is C48H33NO. The van der Waals surface area contributed by atoms with E-state index in [2.05, 4.69) is 193 Å². The van der Waals surface area contributed by atoms with E-state index < -0.39 is 0 Å². The summed E-state index contributed by atoms with van der Waals surface area (Å²) in [6.45, 7) is 0. The van der Waals surface area contributed by atoms with Crippen molar-refractivity contribution < 1.29 is 4.42 Å². The SMILES string of the molecule is c1ccc(-c2ccccc2-c2c(-c3ccccc3)cccc2N(c2ccccc2)c2ccc(-c3ccc4oc5ccccc5c4c3)cc2)cc1. The first-order valence-corrected chi connectivity index (χ1v) is 17.0. The van der Waals surface area contributed by atoms with Crippen LogP contribution in [0.1, 0.15) is 0 Å². The molecule has 9 aromatic rings. The number of anilines is 3. The van der Waals surface area contributed by atoms with Gasteiger partial charge in [0.2, 0.25) is 0 Å². The largest absolute Gasteiger partial charge is 0.456 e. The molecule has 0 atom stereocenters. The second-order valence-electron chi connectivity index (χ2n) is 12.5. The number of para-hydroxylation sites is 2. The normalized spacial score (nSPS) is 11.2. The van der Waals surface area contributed by atoms with Crippen LogP contribution >= 0.6 is 0 Å². The average molecular weight is 640 g/mol. The molecule has 0 N–H and O–H groups in total. The van der Waals surface area contributed by atoms with Gasteiger partial charge in [0, 0.05) is 27.7 Å². The molecular weight excluding hydrogens is 607 g/mol. The second kappa shape index (κ2) is 12.8. The number of fused-ring (bicyclic) bond motifs is 3. The van der Waals surface area contributed by atoms with Crippen LogP contribution in [0.3, 0.4) is 0 Å². The summed E-state index contributed by atoms with van der Waals surface area (Å²) in [5.74, 6) is 0. The molecule has 50 heavy (non-hydrogen) atoms. The van der Waals surface area contributed by atoms with E-state index in [1.165, 1.54) is 33.4 Å². The highest BCUT2D eigenvalue weighted by atomic mass is 16.3. The van der Waals surface area contributed by atoms with Crippen LogP contribution in [0, 0.1) is 0 Å². The lowest BCUT2D eigenvalue weighted by atomic mass is 9.87. The zero-order valence-electron chi connectivity index (χ0n) is 27.4. The van der Waals surface area contributed by atoms with Crippen LogP contribution in [0.25, 0.3) is 66.4 Å². The van der Waals surface area contributed by atoms with Gasteiger partial charge in [-0.2, -0.15) is 0 Å². The number of hydrogen-bond donors (Lipinski definition) is 0. The monoisotopic (exact) mass is 639 g/mol. The van der Waals surface area contributed by atoms with E-state index in [9.17, 15) is 0 Å². The van der Waals surface area contributed by atoms with Gasteiger partial charge in [0.1, 0.15) is 11.2 Å². The topological polar surface area (TPSA) is 16.4 Å². The molecule has 8 aromatic carbocycles. The van der Waals surface area contributed by atoms with E-state index in [1.807, 2.05) is 12.1 Å². The second-order valence-corrected chi connectivity index (χ2v) is 12.5. The standard InChI is InChI=1S/C48H33NO/c1-4-15-35(16-5-1)40-21-10-11-23-43(40)48-41(36-17-6-2-7-18-36)24-14-25-45(48)49(38-19-8-3-9-20-38)39-30-27-34(28-31-39)37-29-32-47-44(33-37)42-22-12-13-26-46(42)50-47/h1-33H. The van der Waals surface area contributed by atoms with Crippen molar-refractivity contribution in [1.82, 2.24) is 0 Å². The maximum atomic E-state index is 6.11. The van der Waals surface area contributed by atoms with Crippen LogP contribution in [-0.2, 0) is 0 Å². The molecule has 0 aliphatic heterocycles. The Labute approximate surface area is 292 Å². The minimum Gasteiger partial charge on any atom is -0.456 e. The Balaban J connectivity index is 1.23. The molecule has 0 aliphatic carbocycles. The molecule has 0 fully saturated rings. The lowest BCUT2D eigenvalue weighted by molar-refractivity contribution is 0.669. The highest BCUT2D eigenvalue weighted by Crippen LogP contribution is 2.48. The summed E-state index contributed by atoms with van der Waals surface area (Å²) in [7, 11) is 0. The maximum absolute atomic E-state index is 6.11. The summed E-state index contributed by atoms with van der Waals surface area (Å²) in [6.07, 6.45) is 0. The molecule has 0 saturated carbocycles. The first-order valence-electron chi connectivity index (χ1n) is 17.0. The van der Waals surface area contributed by atoms with E-state index >= 15 is 0 Å². The van der Waals surface area contributed by atoms with Gasteiger partial charge in [-0.15, -0.1) is 0 Å². The molecule has 0 bridgehead atoms. The van der Waals surface area contributed by atoms with E-state index in [0.717, 1.165) is 50.1 Å². The minimum atomic E-state index is 0.906. The predicted molar refractivity (Wildman–Crippen MR) is 210 cm³/mol. The van der Waals surface area contributed by atoms with Gasteiger partial charge in [-0.1, -0.05) is 152 Å². The van der Waals surface area contributed by atoms with Crippen molar-refractivity contribution in [3.63, 3.8) is 0 Å². The third-order valence-corrected chi connectivity index (χ3v) is 9.50. The Hall–Kier alpha value is -6.64. The molecule has 2 nitrogen and oxygen atoms in total. The predicted octanol–water partition coefficient (Wildman–Crippen LogP) is 13.7. The number of furan rings is 1. The summed E-state index contributed by atoms with van der Waals surface area (Å²) in [6, 6.07) is 71.2. The molecule has 9 rings (SSSR count). The fourth-order valence-electron chi connectivity index (χ4n) is 7.15. The first kappa shape index (κ1) is 29.5. The van der Waals surface area contributed by atoms with Crippen LogP contribution in [0.15, 0.2) is 205 Å². The van der Waals surface area contributed by atoms with Gasteiger partial charge in [0.25, 0.3) is 0 Å². The van der Waals surface area contributed by atoms with Gasteiger partial charge in [-0.25, -0.2) is 0 Å². The first-order chi connectivity index (χ1) is 24.8. The van der Waals surface area contributed by atoms with Gasteiger partial charge in [0.15, 0.2) is 0 Å². The number of hydrogen-bond acceptors (Lipinski definition) is 2. The van der Waals surface area contributed by atoms with Crippen molar-refractivity contribution in [2.75, 3.05) is 4.90 Å². The van der Waals surface area contributed by atoms with Crippen LogP contribution in [0.2, 0.25) is 0 Å². The molecule has 0 unspecified atom stereocenters. The Morgan fingerprint density at radius 1 is 0.320 bits per heavy atom. The third kappa shape index (κ3) is 5.34. The molecule has 0 saturated heterocycles. The fraction of sp³-hybridized carbons (Fsp3) is 0. The third-order valence-electron chi connectivity index (χ3n) is 9.50. The number of nitrogens with zero attached hydrogens (tertiary/aromatic N) is 1. The van der Waals surface area contributed by atoms with Crippen molar-refractivity contribution in [3.05, 3.63) is 200 Å². The van der Waals surface area contributed by atoms with Crippen molar-refractivity contribution in [2.24, 2.45) is 0 Å². The van der Waals surface area contributed by atoms with E-state index in [1.54, 1.807) is 0 Å². The number of rotatable bonds is 7. The Morgan fingerprint density at radius 3 is 1.60 bits per heavy atom. The Bertz CT molecular complexity index is 2570. The molecule has 1 heterocycles. The lowest BCUT2D eigenvalue weighted by Gasteiger charge is -2.30. The molecule has 0 radical (unpaired) electrons. The van der Waals surface area contributed by atoms with Gasteiger partial charge in [-0.3, -0.25) is 0 Å². The molecule has 2 heteroatoms. The van der Waals surface area contributed by atoms with E-state index in [0.29, 0.717) is 0 Å². The maximum Gasteiger partial charge on any atom is 0.135 e. The highest BCUT2D eigenvalue weighted by Gasteiger charge is 2.22. The highest BCUT2D eigenvalue weighted by molar-refractivity contribution is 6.06.